The number of rotatable bonds is 6. The molecule has 2 aliphatic heterocycles. The van der Waals surface area contributed by atoms with Crippen LogP contribution in [0.25, 0.3) is 0 Å². The summed E-state index contributed by atoms with van der Waals surface area (Å²) in [5, 5.41) is 30.8. The molecule has 8 rings (SSSR count). The molecule has 2 N–H and O–H groups in total. The van der Waals surface area contributed by atoms with E-state index in [2.05, 4.69) is 20.6 Å². The SMILES string of the molecule is O=C([O-])C1(c2ccc(F)cc2)Nc2ccccc2N=C1c1ccc(F)cc1.O=C([O-])C1(c2ccc(F)cc2)Nc2ccccc2N=C1c1ccc(F)cc1.[Ir+3]. The summed E-state index contributed by atoms with van der Waals surface area (Å²) in [5.74, 6) is -4.81. The van der Waals surface area contributed by atoms with Crippen molar-refractivity contribution in [3.8, 4) is 0 Å². The first-order chi connectivity index (χ1) is 26.0. The van der Waals surface area contributed by atoms with Gasteiger partial charge in [-0.1, -0.05) is 72.8 Å². The molecule has 0 fully saturated rings. The molecule has 6 aromatic rings. The van der Waals surface area contributed by atoms with E-state index in [0.717, 1.165) is 0 Å². The molecule has 2 heterocycles. The molecule has 0 spiro atoms. The zero-order valence-electron chi connectivity index (χ0n) is 28.2. The Kier molecular flexibility index (Phi) is 10.8. The van der Waals surface area contributed by atoms with Gasteiger partial charge in [0, 0.05) is 0 Å². The number of aliphatic carboxylic acids is 2. The van der Waals surface area contributed by atoms with Gasteiger partial charge in [-0.25, -0.2) is 27.5 Å². The number of aliphatic imine (C=N–C) groups is 2. The Balaban J connectivity index is 0.000000184. The van der Waals surface area contributed by atoms with E-state index in [-0.39, 0.29) is 42.7 Å². The van der Waals surface area contributed by atoms with E-state index in [9.17, 15) is 37.4 Å². The summed E-state index contributed by atoms with van der Waals surface area (Å²) in [6, 6.07) is 34.7. The number of nitrogens with one attached hydrogen (secondary N) is 2. The third kappa shape index (κ3) is 7.15. The molecule has 0 saturated carbocycles. The number of carboxylic acids is 2. The predicted octanol–water partition coefficient (Wildman–Crippen LogP) is 6.31. The first-order valence-electron chi connectivity index (χ1n) is 16.4. The molecule has 2 aliphatic rings. The van der Waals surface area contributed by atoms with Crippen LogP contribution < -0.4 is 20.8 Å². The molecule has 274 valence electrons. The second-order valence-electron chi connectivity index (χ2n) is 12.3. The quantitative estimate of drug-likeness (QED) is 0.189. The summed E-state index contributed by atoms with van der Waals surface area (Å²) >= 11 is 0. The number of hydrogen-bond acceptors (Lipinski definition) is 8. The number of carbonyl (C=O) groups is 2. The van der Waals surface area contributed by atoms with Gasteiger partial charge in [0.1, 0.15) is 34.3 Å². The number of hydrogen-bond donors (Lipinski definition) is 2. The molecule has 0 amide bonds. The van der Waals surface area contributed by atoms with Crippen LogP contribution in [0.4, 0.5) is 40.3 Å². The number of halogens is 4. The molecular weight excluding hydrogens is 893 g/mol. The molecule has 8 nitrogen and oxygen atoms in total. The normalized spacial score (nSPS) is 17.9. The predicted molar refractivity (Wildman–Crippen MR) is 191 cm³/mol. The number of fused-ring (bicyclic) bond motifs is 2. The van der Waals surface area contributed by atoms with Crippen molar-refractivity contribution in [2.24, 2.45) is 9.98 Å². The summed E-state index contributed by atoms with van der Waals surface area (Å²) < 4.78 is 53.6. The van der Waals surface area contributed by atoms with Gasteiger partial charge >= 0.3 is 20.1 Å². The average Bonchev–Trinajstić information content (AvgIpc) is 3.18. The van der Waals surface area contributed by atoms with Gasteiger partial charge in [-0.05, 0) is 95.1 Å². The van der Waals surface area contributed by atoms with Gasteiger partial charge in [0.05, 0.1) is 46.1 Å². The van der Waals surface area contributed by atoms with Gasteiger partial charge in [0.25, 0.3) is 0 Å². The topological polar surface area (TPSA) is 129 Å². The minimum Gasteiger partial charge on any atom is -0.547 e. The number of nitrogens with zero attached hydrogens (tertiary/aromatic N) is 2. The van der Waals surface area contributed by atoms with Crippen LogP contribution in [0.5, 0.6) is 0 Å². The van der Waals surface area contributed by atoms with E-state index in [1.165, 1.54) is 97.1 Å². The van der Waals surface area contributed by atoms with Gasteiger partial charge in [0.15, 0.2) is 0 Å². The molecular formula is C42H26F4IrN4O4+. The van der Waals surface area contributed by atoms with Crippen LogP contribution in [-0.4, -0.2) is 23.4 Å². The van der Waals surface area contributed by atoms with Crippen molar-refractivity contribution in [2.75, 3.05) is 10.6 Å². The Hall–Kier alpha value is -6.43. The van der Waals surface area contributed by atoms with E-state index >= 15 is 0 Å². The van der Waals surface area contributed by atoms with Gasteiger partial charge in [-0.15, -0.1) is 0 Å². The molecule has 55 heavy (non-hydrogen) atoms. The van der Waals surface area contributed by atoms with E-state index in [0.29, 0.717) is 33.9 Å². The van der Waals surface area contributed by atoms with Crippen LogP contribution >= 0.6 is 0 Å². The number of anilines is 2. The Morgan fingerprint density at radius 1 is 0.455 bits per heavy atom. The Labute approximate surface area is 325 Å². The van der Waals surface area contributed by atoms with Gasteiger partial charge in [-0.2, -0.15) is 0 Å². The van der Waals surface area contributed by atoms with Gasteiger partial charge < -0.3 is 30.4 Å². The van der Waals surface area contributed by atoms with E-state index in [1.54, 1.807) is 48.5 Å². The number of para-hydroxylation sites is 4. The van der Waals surface area contributed by atoms with Gasteiger partial charge in [-0.3, -0.25) is 0 Å². The van der Waals surface area contributed by atoms with Crippen molar-refractivity contribution in [1.82, 2.24) is 0 Å². The van der Waals surface area contributed by atoms with Crippen molar-refractivity contribution in [1.29, 1.82) is 0 Å². The summed E-state index contributed by atoms with van der Waals surface area (Å²) in [4.78, 5) is 33.9. The smallest absolute Gasteiger partial charge is 0.547 e. The fourth-order valence-electron chi connectivity index (χ4n) is 6.41. The minimum absolute atomic E-state index is 0. The molecule has 0 radical (unpaired) electrons. The van der Waals surface area contributed by atoms with Crippen molar-refractivity contribution in [3.63, 3.8) is 0 Å². The Morgan fingerprint density at radius 2 is 0.745 bits per heavy atom. The largest absolute Gasteiger partial charge is 3.00 e. The number of carboxylic acid groups (broad SMARTS) is 2. The molecule has 0 saturated heterocycles. The molecule has 6 aromatic carbocycles. The summed E-state index contributed by atoms with van der Waals surface area (Å²) in [5.41, 5.74) is -0.0671. The Bertz CT molecular complexity index is 2270. The number of carbonyl (C=O) groups excluding carboxylic acids is 2. The van der Waals surface area contributed by atoms with Crippen molar-refractivity contribution in [2.45, 2.75) is 11.1 Å². The second-order valence-corrected chi connectivity index (χ2v) is 12.3. The minimum atomic E-state index is -1.86. The maximum absolute atomic E-state index is 13.4. The number of benzene rings is 6. The summed E-state index contributed by atoms with van der Waals surface area (Å²) in [6.45, 7) is 0. The fraction of sp³-hybridized carbons (Fsp3) is 0.0476. The monoisotopic (exact) mass is 919 g/mol. The average molecular weight is 919 g/mol. The van der Waals surface area contributed by atoms with E-state index in [1.807, 2.05) is 0 Å². The van der Waals surface area contributed by atoms with E-state index in [4.69, 9.17) is 0 Å². The van der Waals surface area contributed by atoms with Gasteiger partial charge in [0.2, 0.25) is 0 Å². The summed E-state index contributed by atoms with van der Waals surface area (Å²) in [7, 11) is 0. The van der Waals surface area contributed by atoms with Crippen LogP contribution in [0.3, 0.4) is 0 Å². The zero-order chi connectivity index (χ0) is 38.0. The van der Waals surface area contributed by atoms with Crippen molar-refractivity contribution < 1.29 is 57.5 Å². The fourth-order valence-corrected chi connectivity index (χ4v) is 6.41. The van der Waals surface area contributed by atoms with Crippen LogP contribution in [0.2, 0.25) is 0 Å². The molecule has 2 atom stereocenters. The zero-order valence-corrected chi connectivity index (χ0v) is 30.6. The maximum atomic E-state index is 13.4. The van der Waals surface area contributed by atoms with Crippen LogP contribution in [-0.2, 0) is 40.8 Å². The molecule has 2 unspecified atom stereocenters. The van der Waals surface area contributed by atoms with Crippen LogP contribution in [0.1, 0.15) is 22.3 Å². The summed E-state index contributed by atoms with van der Waals surface area (Å²) in [6.07, 6.45) is 0. The second kappa shape index (κ2) is 15.5. The molecule has 0 bridgehead atoms. The maximum Gasteiger partial charge on any atom is 3.00 e. The molecule has 0 aromatic heterocycles. The van der Waals surface area contributed by atoms with E-state index < -0.39 is 46.3 Å². The standard InChI is InChI=1S/2C21H14F2N2O2.Ir/c2*22-15-9-5-13(6-10-15)19-21(20(26)27,14-7-11-16(23)12-8-14)25-18-4-2-1-3-17(18)24-19;/h2*1-12,25H,(H,26,27);/q;;+3/p-2. The van der Waals surface area contributed by atoms with Crippen LogP contribution in [0.15, 0.2) is 156 Å². The molecule has 0 aliphatic carbocycles. The van der Waals surface area contributed by atoms with Crippen molar-refractivity contribution in [3.05, 3.63) is 191 Å². The Morgan fingerprint density at radius 3 is 1.05 bits per heavy atom. The van der Waals surface area contributed by atoms with Crippen molar-refractivity contribution >= 4 is 46.1 Å². The first-order valence-corrected chi connectivity index (χ1v) is 16.4. The first kappa shape index (κ1) is 38.3. The van der Waals surface area contributed by atoms with Crippen LogP contribution in [0, 0.1) is 23.3 Å². The third-order valence-corrected chi connectivity index (χ3v) is 9.03. The molecule has 13 heteroatoms. The third-order valence-electron chi connectivity index (χ3n) is 9.03.